The number of carbonyl (C=O) groups is 1. The van der Waals surface area contributed by atoms with Gasteiger partial charge in [0.1, 0.15) is 17.1 Å². The molecule has 0 unspecified atom stereocenters. The molecule has 0 atom stereocenters. The number of fused-ring (bicyclic) bond motifs is 1. The lowest BCUT2D eigenvalue weighted by Crippen LogP contribution is -2.31. The molecule has 0 radical (unpaired) electrons. The minimum Gasteiger partial charge on any atom is -0.495 e. The number of rotatable bonds is 5. The first kappa shape index (κ1) is 18.0. The third-order valence-corrected chi connectivity index (χ3v) is 4.56. The van der Waals surface area contributed by atoms with Crippen molar-refractivity contribution in [1.82, 2.24) is 4.57 Å². The van der Waals surface area contributed by atoms with Crippen LogP contribution in [0, 0.1) is 6.92 Å². The first-order chi connectivity index (χ1) is 12.5. The summed E-state index contributed by atoms with van der Waals surface area (Å²) in [6.07, 6.45) is 2.57. The number of anilines is 1. The number of nitrogens with zero attached hydrogens (tertiary/aromatic N) is 1. The maximum absolute atomic E-state index is 13.1. The van der Waals surface area contributed by atoms with Crippen LogP contribution >= 0.6 is 0 Å². The summed E-state index contributed by atoms with van der Waals surface area (Å²) in [5, 5.41) is 2.93. The van der Waals surface area contributed by atoms with Gasteiger partial charge in [0.05, 0.1) is 19.4 Å². The van der Waals surface area contributed by atoms with E-state index in [1.165, 1.54) is 6.07 Å². The number of aromatic nitrogens is 1. The van der Waals surface area contributed by atoms with Crippen molar-refractivity contribution < 1.29 is 14.3 Å². The number of amides is 1. The summed E-state index contributed by atoms with van der Waals surface area (Å²) < 4.78 is 12.7. The first-order valence-corrected chi connectivity index (χ1v) is 8.90. The summed E-state index contributed by atoms with van der Waals surface area (Å²) in [6.45, 7) is 4.80. The molecule has 0 spiro atoms. The van der Waals surface area contributed by atoms with Gasteiger partial charge in [-0.3, -0.25) is 9.59 Å². The smallest absolute Gasteiger partial charge is 0.261 e. The summed E-state index contributed by atoms with van der Waals surface area (Å²) in [4.78, 5) is 25.5. The Morgan fingerprint density at radius 1 is 1.23 bits per heavy atom. The summed E-state index contributed by atoms with van der Waals surface area (Å²) in [5.41, 5.74) is 2.68. The number of pyridine rings is 1. The lowest BCUT2D eigenvalue weighted by molar-refractivity contribution is 0.102. The maximum Gasteiger partial charge on any atom is 0.261 e. The Morgan fingerprint density at radius 3 is 2.77 bits per heavy atom. The van der Waals surface area contributed by atoms with Gasteiger partial charge in [0, 0.05) is 18.3 Å². The van der Waals surface area contributed by atoms with E-state index in [4.69, 9.17) is 9.47 Å². The van der Waals surface area contributed by atoms with Gasteiger partial charge >= 0.3 is 0 Å². The highest BCUT2D eigenvalue weighted by Gasteiger charge is 2.25. The molecule has 1 N–H and O–H groups in total. The highest BCUT2D eigenvalue weighted by Crippen LogP contribution is 2.29. The normalized spacial score (nSPS) is 13.0. The van der Waals surface area contributed by atoms with E-state index in [2.05, 4.69) is 5.32 Å². The van der Waals surface area contributed by atoms with Crippen LogP contribution in [0.15, 0.2) is 29.1 Å². The van der Waals surface area contributed by atoms with Crippen LogP contribution in [-0.4, -0.2) is 24.2 Å². The van der Waals surface area contributed by atoms with Gasteiger partial charge in [-0.25, -0.2) is 0 Å². The highest BCUT2D eigenvalue weighted by atomic mass is 16.5. The van der Waals surface area contributed by atoms with E-state index in [0.29, 0.717) is 42.3 Å². The van der Waals surface area contributed by atoms with Gasteiger partial charge in [0.15, 0.2) is 0 Å². The lowest BCUT2D eigenvalue weighted by atomic mass is 10.0. The van der Waals surface area contributed by atoms with Crippen LogP contribution in [0.25, 0.3) is 0 Å². The quantitative estimate of drug-likeness (QED) is 0.893. The van der Waals surface area contributed by atoms with Crippen molar-refractivity contribution in [2.45, 2.75) is 39.7 Å². The van der Waals surface area contributed by atoms with Gasteiger partial charge in [-0.2, -0.15) is 0 Å². The largest absolute Gasteiger partial charge is 0.495 e. The maximum atomic E-state index is 13.1. The molecular weight excluding hydrogens is 332 g/mol. The number of nitrogens with one attached hydrogen (secondary N) is 1. The zero-order chi connectivity index (χ0) is 18.7. The van der Waals surface area contributed by atoms with Crippen LogP contribution in [0.3, 0.4) is 0 Å². The van der Waals surface area contributed by atoms with Crippen LogP contribution in [0.2, 0.25) is 0 Å². The molecule has 1 aliphatic heterocycles. The number of carbonyl (C=O) groups excluding carboxylic acids is 1. The zero-order valence-electron chi connectivity index (χ0n) is 15.4. The molecule has 0 saturated carbocycles. The van der Waals surface area contributed by atoms with Gasteiger partial charge in [0.2, 0.25) is 0 Å². The number of hydrogen-bond donors (Lipinski definition) is 1. The first-order valence-electron chi connectivity index (χ1n) is 8.90. The van der Waals surface area contributed by atoms with Crippen LogP contribution in [0.5, 0.6) is 11.5 Å². The Labute approximate surface area is 152 Å². The standard InChI is InChI=1S/C20H24N2O4/c1-4-26-17-12-18(23)22-10-6-5-7-15(22)19(17)20(24)21-14-11-13(2)8-9-16(14)25-3/h8-9,11-12H,4-7,10H2,1-3H3,(H,21,24). The molecule has 1 amide bonds. The number of aryl methyl sites for hydroxylation is 1. The molecule has 2 aromatic rings. The summed E-state index contributed by atoms with van der Waals surface area (Å²) in [7, 11) is 1.57. The lowest BCUT2D eigenvalue weighted by Gasteiger charge is -2.23. The van der Waals surface area contributed by atoms with Crippen molar-refractivity contribution in [1.29, 1.82) is 0 Å². The number of hydrogen-bond acceptors (Lipinski definition) is 4. The molecule has 0 bridgehead atoms. The monoisotopic (exact) mass is 356 g/mol. The molecule has 138 valence electrons. The highest BCUT2D eigenvalue weighted by molar-refractivity contribution is 6.07. The van der Waals surface area contributed by atoms with Crippen LogP contribution in [-0.2, 0) is 13.0 Å². The Kier molecular flexibility index (Phi) is 5.30. The Bertz CT molecular complexity index is 886. The number of benzene rings is 1. The van der Waals surface area contributed by atoms with Crippen LogP contribution < -0.4 is 20.3 Å². The fourth-order valence-electron chi connectivity index (χ4n) is 3.36. The summed E-state index contributed by atoms with van der Waals surface area (Å²) in [6, 6.07) is 7.02. The van der Waals surface area contributed by atoms with Crippen molar-refractivity contribution in [2.24, 2.45) is 0 Å². The van der Waals surface area contributed by atoms with Crippen LogP contribution in [0.4, 0.5) is 5.69 Å². The molecule has 0 fully saturated rings. The van der Waals surface area contributed by atoms with Crippen LogP contribution in [0.1, 0.15) is 41.4 Å². The van der Waals surface area contributed by atoms with E-state index in [1.807, 2.05) is 32.0 Å². The van der Waals surface area contributed by atoms with E-state index in [0.717, 1.165) is 24.1 Å². The molecule has 3 rings (SSSR count). The Balaban J connectivity index is 2.06. The second-order valence-electron chi connectivity index (χ2n) is 6.37. The van der Waals surface area contributed by atoms with Crippen molar-refractivity contribution in [2.75, 3.05) is 19.0 Å². The van der Waals surface area contributed by atoms with Gasteiger partial charge in [-0.05, 0) is 50.8 Å². The predicted octanol–water partition coefficient (Wildman–Crippen LogP) is 3.15. The fraction of sp³-hybridized carbons (Fsp3) is 0.400. The molecular formula is C20H24N2O4. The minimum atomic E-state index is -0.289. The predicted molar refractivity (Wildman–Crippen MR) is 100 cm³/mol. The fourth-order valence-corrected chi connectivity index (χ4v) is 3.36. The molecule has 6 nitrogen and oxygen atoms in total. The SMILES string of the molecule is CCOc1cc(=O)n2c(c1C(=O)Nc1cc(C)ccc1OC)CCCC2. The van der Waals surface area contributed by atoms with Gasteiger partial charge in [0.25, 0.3) is 11.5 Å². The molecule has 1 aromatic heterocycles. The third-order valence-electron chi connectivity index (χ3n) is 4.56. The third kappa shape index (κ3) is 3.45. The van der Waals surface area contributed by atoms with E-state index in [-0.39, 0.29) is 11.5 Å². The summed E-state index contributed by atoms with van der Waals surface area (Å²) in [5.74, 6) is 0.640. The molecule has 26 heavy (non-hydrogen) atoms. The van der Waals surface area contributed by atoms with Crippen molar-refractivity contribution in [3.05, 3.63) is 51.4 Å². The molecule has 1 aliphatic rings. The molecule has 0 saturated heterocycles. The van der Waals surface area contributed by atoms with E-state index < -0.39 is 0 Å². The zero-order valence-corrected chi connectivity index (χ0v) is 15.4. The van der Waals surface area contributed by atoms with Crippen molar-refractivity contribution in [3.63, 3.8) is 0 Å². The van der Waals surface area contributed by atoms with Gasteiger partial charge in [-0.1, -0.05) is 6.07 Å². The van der Waals surface area contributed by atoms with Gasteiger partial charge in [-0.15, -0.1) is 0 Å². The minimum absolute atomic E-state index is 0.118. The van der Waals surface area contributed by atoms with E-state index in [1.54, 1.807) is 11.7 Å². The number of methoxy groups -OCH3 is 1. The van der Waals surface area contributed by atoms with Gasteiger partial charge < -0.3 is 19.4 Å². The van der Waals surface area contributed by atoms with E-state index in [9.17, 15) is 9.59 Å². The topological polar surface area (TPSA) is 69.6 Å². The molecule has 1 aromatic carbocycles. The van der Waals surface area contributed by atoms with E-state index >= 15 is 0 Å². The second kappa shape index (κ2) is 7.64. The second-order valence-corrected chi connectivity index (χ2v) is 6.37. The summed E-state index contributed by atoms with van der Waals surface area (Å²) >= 11 is 0. The molecule has 6 heteroatoms. The van der Waals surface area contributed by atoms with Crippen molar-refractivity contribution >= 4 is 11.6 Å². The Hall–Kier alpha value is -2.76. The molecule has 0 aliphatic carbocycles. The average molecular weight is 356 g/mol. The van der Waals surface area contributed by atoms with Crippen molar-refractivity contribution in [3.8, 4) is 11.5 Å². The molecule has 2 heterocycles. The Morgan fingerprint density at radius 2 is 2.04 bits per heavy atom. The number of ether oxygens (including phenoxy) is 2. The average Bonchev–Trinajstić information content (AvgIpc) is 2.62.